The molecular formula is C30H26ClF4N3O4. The quantitative estimate of drug-likeness (QED) is 0.152. The maximum Gasteiger partial charge on any atom is 0.418 e. The van der Waals surface area contributed by atoms with Crippen LogP contribution in [0.3, 0.4) is 0 Å². The van der Waals surface area contributed by atoms with Gasteiger partial charge in [0.15, 0.2) is 5.82 Å². The van der Waals surface area contributed by atoms with E-state index in [1.54, 1.807) is 53.4 Å². The summed E-state index contributed by atoms with van der Waals surface area (Å²) in [7, 11) is 3.06. The molecule has 0 aliphatic rings. The van der Waals surface area contributed by atoms with Gasteiger partial charge in [0, 0.05) is 13.1 Å². The van der Waals surface area contributed by atoms with Crippen LogP contribution in [-0.4, -0.2) is 30.3 Å². The summed E-state index contributed by atoms with van der Waals surface area (Å²) in [5.41, 5.74) is 2.73. The molecule has 4 rings (SSSR count). The van der Waals surface area contributed by atoms with E-state index in [9.17, 15) is 23.1 Å². The Morgan fingerprint density at radius 3 is 1.90 bits per heavy atom. The van der Waals surface area contributed by atoms with Crippen LogP contribution in [-0.2, 0) is 19.3 Å². The van der Waals surface area contributed by atoms with Crippen LogP contribution < -0.4 is 20.1 Å². The number of rotatable bonds is 9. The molecule has 0 bridgehead atoms. The Balaban J connectivity index is 1.93. The highest BCUT2D eigenvalue weighted by Crippen LogP contribution is 2.44. The number of hydrogen-bond acceptors (Lipinski definition) is 6. The minimum atomic E-state index is -4.95. The summed E-state index contributed by atoms with van der Waals surface area (Å²) < 4.78 is 69.1. The number of nitrogen functional groups attached to an aromatic ring is 1. The number of benzene rings is 3. The predicted octanol–water partition coefficient (Wildman–Crippen LogP) is 7.37. The van der Waals surface area contributed by atoms with Gasteiger partial charge < -0.3 is 25.2 Å². The van der Waals surface area contributed by atoms with E-state index in [4.69, 9.17) is 26.8 Å². The van der Waals surface area contributed by atoms with Crippen LogP contribution in [0.2, 0.25) is 5.02 Å². The summed E-state index contributed by atoms with van der Waals surface area (Å²) in [4.78, 5) is 17.5. The van der Waals surface area contributed by atoms with Crippen molar-refractivity contribution in [2.24, 2.45) is 0 Å². The number of nitrogens with two attached hydrogens (primary N) is 1. The smallest absolute Gasteiger partial charge is 0.418 e. The molecule has 0 atom stereocenters. The molecule has 3 N–H and O–H groups in total. The SMILES string of the molecule is COc1ccc(CN(Cc2ccc(OC)cc2)c2cc(C)c(C(F)(F)F)c(-c3c(Cl)cc(C(=O)O)c(N)c3F)n2)cc1. The molecule has 3 aromatic carbocycles. The maximum absolute atomic E-state index is 15.5. The average Bonchev–Trinajstić information content (AvgIpc) is 2.94. The lowest BCUT2D eigenvalue weighted by Gasteiger charge is -2.27. The summed E-state index contributed by atoms with van der Waals surface area (Å²) >= 11 is 6.20. The number of hydrogen-bond donors (Lipinski definition) is 2. The van der Waals surface area contributed by atoms with Crippen molar-refractivity contribution >= 4 is 29.1 Å². The first-order chi connectivity index (χ1) is 19.8. The number of carboxylic acids is 1. The Hall–Kier alpha value is -4.51. The van der Waals surface area contributed by atoms with Gasteiger partial charge in [-0.1, -0.05) is 35.9 Å². The van der Waals surface area contributed by atoms with Crippen molar-refractivity contribution in [3.8, 4) is 22.8 Å². The highest BCUT2D eigenvalue weighted by molar-refractivity contribution is 6.34. The van der Waals surface area contributed by atoms with Crippen molar-refractivity contribution in [2.75, 3.05) is 24.9 Å². The minimum absolute atomic E-state index is 0.0958. The van der Waals surface area contributed by atoms with Crippen LogP contribution in [0.4, 0.5) is 29.1 Å². The van der Waals surface area contributed by atoms with Crippen molar-refractivity contribution in [1.29, 1.82) is 0 Å². The van der Waals surface area contributed by atoms with E-state index < -0.39 is 51.1 Å². The van der Waals surface area contributed by atoms with Crippen molar-refractivity contribution < 1.29 is 36.9 Å². The van der Waals surface area contributed by atoms with E-state index in [1.807, 2.05) is 0 Å². The van der Waals surface area contributed by atoms with E-state index >= 15 is 4.39 Å². The van der Waals surface area contributed by atoms with Gasteiger partial charge in [0.2, 0.25) is 0 Å². The number of carboxylic acid groups (broad SMARTS) is 1. The molecule has 220 valence electrons. The third-order valence-electron chi connectivity index (χ3n) is 6.60. The number of pyridine rings is 1. The molecule has 0 saturated heterocycles. The summed E-state index contributed by atoms with van der Waals surface area (Å²) in [5, 5.41) is 8.77. The molecule has 0 radical (unpaired) electrons. The molecule has 0 aliphatic heterocycles. The lowest BCUT2D eigenvalue weighted by atomic mass is 9.98. The Morgan fingerprint density at radius 1 is 0.976 bits per heavy atom. The van der Waals surface area contributed by atoms with Crippen molar-refractivity contribution in [1.82, 2.24) is 4.98 Å². The summed E-state index contributed by atoms with van der Waals surface area (Å²) in [6, 6.07) is 16.3. The first-order valence-corrected chi connectivity index (χ1v) is 12.8. The van der Waals surface area contributed by atoms with Gasteiger partial charge in [-0.3, -0.25) is 0 Å². The normalized spacial score (nSPS) is 11.3. The number of ether oxygens (including phenoxy) is 2. The molecule has 0 fully saturated rings. The molecule has 0 amide bonds. The topological polar surface area (TPSA) is 97.9 Å². The second-order valence-electron chi connectivity index (χ2n) is 9.38. The lowest BCUT2D eigenvalue weighted by Crippen LogP contribution is -2.24. The van der Waals surface area contributed by atoms with Crippen LogP contribution >= 0.6 is 11.6 Å². The number of carbonyl (C=O) groups is 1. The Bertz CT molecular complexity index is 1560. The predicted molar refractivity (Wildman–Crippen MR) is 152 cm³/mol. The zero-order valence-electron chi connectivity index (χ0n) is 22.7. The minimum Gasteiger partial charge on any atom is -0.497 e. The molecule has 1 heterocycles. The first-order valence-electron chi connectivity index (χ1n) is 12.4. The Labute approximate surface area is 244 Å². The highest BCUT2D eigenvalue weighted by Gasteiger charge is 2.39. The molecule has 1 aromatic heterocycles. The molecule has 12 heteroatoms. The van der Waals surface area contributed by atoms with Gasteiger partial charge in [-0.15, -0.1) is 0 Å². The van der Waals surface area contributed by atoms with E-state index in [0.29, 0.717) is 11.5 Å². The average molecular weight is 604 g/mol. The number of aryl methyl sites for hydroxylation is 1. The van der Waals surface area contributed by atoms with Crippen molar-refractivity contribution in [3.05, 3.63) is 99.3 Å². The zero-order valence-corrected chi connectivity index (χ0v) is 23.5. The summed E-state index contributed by atoms with van der Waals surface area (Å²) in [6.45, 7) is 1.66. The number of aromatic nitrogens is 1. The van der Waals surface area contributed by atoms with Crippen LogP contribution in [0.15, 0.2) is 60.7 Å². The van der Waals surface area contributed by atoms with Crippen LogP contribution in [0.1, 0.15) is 32.6 Å². The molecular weight excluding hydrogens is 578 g/mol. The van der Waals surface area contributed by atoms with Gasteiger partial charge in [-0.05, 0) is 60.0 Å². The Kier molecular flexibility index (Phi) is 8.81. The van der Waals surface area contributed by atoms with Crippen LogP contribution in [0.5, 0.6) is 11.5 Å². The van der Waals surface area contributed by atoms with E-state index in [-0.39, 0.29) is 24.5 Å². The molecule has 4 aromatic rings. The maximum atomic E-state index is 15.5. The zero-order chi connectivity index (χ0) is 30.8. The number of anilines is 2. The van der Waals surface area contributed by atoms with Crippen LogP contribution in [0.25, 0.3) is 11.3 Å². The number of methoxy groups -OCH3 is 2. The first kappa shape index (κ1) is 30.4. The van der Waals surface area contributed by atoms with Gasteiger partial charge >= 0.3 is 12.1 Å². The second-order valence-corrected chi connectivity index (χ2v) is 9.79. The number of alkyl halides is 3. The summed E-state index contributed by atoms with van der Waals surface area (Å²) in [6.07, 6.45) is -4.95. The third-order valence-corrected chi connectivity index (χ3v) is 6.90. The fourth-order valence-corrected chi connectivity index (χ4v) is 4.79. The molecule has 0 spiro atoms. The standard InChI is InChI=1S/C30H26ClF4N3O4/c1-16-12-23(37-28(25(16)30(33,34)35)24-22(31)13-21(29(39)40)27(36)26(24)32)38(14-17-4-8-19(41-2)9-5-17)15-18-6-10-20(42-3)11-7-18/h4-13H,14-15,36H2,1-3H3,(H,39,40). The molecule has 0 saturated carbocycles. The fourth-order valence-electron chi connectivity index (χ4n) is 4.50. The van der Waals surface area contributed by atoms with Gasteiger partial charge in [0.25, 0.3) is 0 Å². The van der Waals surface area contributed by atoms with E-state index in [1.165, 1.54) is 27.2 Å². The molecule has 7 nitrogen and oxygen atoms in total. The highest BCUT2D eigenvalue weighted by atomic mass is 35.5. The van der Waals surface area contributed by atoms with Crippen LogP contribution in [0, 0.1) is 12.7 Å². The van der Waals surface area contributed by atoms with Gasteiger partial charge in [0.1, 0.15) is 17.3 Å². The monoisotopic (exact) mass is 603 g/mol. The van der Waals surface area contributed by atoms with Gasteiger partial charge in [-0.25, -0.2) is 14.2 Å². The number of nitrogens with zero attached hydrogens (tertiary/aromatic N) is 2. The Morgan fingerprint density at radius 2 is 1.48 bits per heavy atom. The molecule has 42 heavy (non-hydrogen) atoms. The van der Waals surface area contributed by atoms with E-state index in [0.717, 1.165) is 17.2 Å². The van der Waals surface area contributed by atoms with Crippen molar-refractivity contribution in [2.45, 2.75) is 26.2 Å². The van der Waals surface area contributed by atoms with Gasteiger partial charge in [0.05, 0.1) is 47.3 Å². The third kappa shape index (κ3) is 6.36. The number of aromatic carboxylic acids is 1. The second kappa shape index (κ2) is 12.2. The fraction of sp³-hybridized carbons (Fsp3) is 0.200. The van der Waals surface area contributed by atoms with E-state index in [2.05, 4.69) is 4.98 Å². The van der Waals surface area contributed by atoms with Gasteiger partial charge in [-0.2, -0.15) is 13.2 Å². The van der Waals surface area contributed by atoms with Crippen molar-refractivity contribution in [3.63, 3.8) is 0 Å². The summed E-state index contributed by atoms with van der Waals surface area (Å²) in [5.74, 6) is -1.65. The molecule has 0 aliphatic carbocycles. The molecule has 0 unspecified atom stereocenters. The largest absolute Gasteiger partial charge is 0.497 e. The number of halogens is 5. The lowest BCUT2D eigenvalue weighted by molar-refractivity contribution is -0.137.